The summed E-state index contributed by atoms with van der Waals surface area (Å²) < 4.78 is 0. The van der Waals surface area contributed by atoms with E-state index in [1.54, 1.807) is 0 Å². The van der Waals surface area contributed by atoms with E-state index in [2.05, 4.69) is 56.0 Å². The number of hydrogen-bond acceptors (Lipinski definition) is 2. The number of nitrogens with zero attached hydrogens (tertiary/aromatic N) is 2. The quantitative estimate of drug-likeness (QED) is 0.593. The van der Waals surface area contributed by atoms with E-state index in [9.17, 15) is 4.79 Å². The monoisotopic (exact) mass is 370 g/mol. The molecule has 0 unspecified atom stereocenters. The van der Waals surface area contributed by atoms with Crippen LogP contribution in [0.2, 0.25) is 0 Å². The maximum Gasteiger partial charge on any atom is 0.251 e. The second-order valence-electron chi connectivity index (χ2n) is 8.33. The maximum absolute atomic E-state index is 13.3. The molecule has 0 N–H and O–H groups in total. The van der Waals surface area contributed by atoms with Crippen molar-refractivity contribution in [3.8, 4) is 0 Å². The Hall–Kier alpha value is -3.07. The van der Waals surface area contributed by atoms with E-state index in [1.807, 2.05) is 53.4 Å². The molecule has 0 spiro atoms. The van der Waals surface area contributed by atoms with Gasteiger partial charge < -0.3 is 4.90 Å². The first kappa shape index (κ1) is 18.3. The lowest BCUT2D eigenvalue weighted by molar-refractivity contribution is -0.116. The third-order valence-electron chi connectivity index (χ3n) is 5.21. The molecule has 3 heteroatoms. The Morgan fingerprint density at radius 2 is 1.32 bits per heavy atom. The van der Waals surface area contributed by atoms with E-state index in [0.717, 1.165) is 23.6 Å². The number of benzene rings is 3. The molecule has 0 saturated heterocycles. The van der Waals surface area contributed by atoms with Crippen molar-refractivity contribution >= 4 is 23.0 Å². The van der Waals surface area contributed by atoms with Crippen LogP contribution in [-0.4, -0.2) is 12.5 Å². The Bertz CT molecular complexity index is 989. The van der Waals surface area contributed by atoms with E-state index in [0.29, 0.717) is 6.54 Å². The first-order chi connectivity index (χ1) is 13.4. The number of hydrogen-bond donors (Lipinski definition) is 0. The Kier molecular flexibility index (Phi) is 4.68. The van der Waals surface area contributed by atoms with Gasteiger partial charge in [-0.15, -0.1) is 0 Å². The van der Waals surface area contributed by atoms with Crippen molar-refractivity contribution in [1.29, 1.82) is 0 Å². The summed E-state index contributed by atoms with van der Waals surface area (Å²) >= 11 is 0. The van der Waals surface area contributed by atoms with Gasteiger partial charge in [-0.2, -0.15) is 0 Å². The standard InChI is InChI=1S/C25H26N2O/c1-25(2,3)20-13-7-8-14-21(20)27-23-16-10-9-15-22(23)26(18-24(27)28)17-19-11-5-4-6-12-19/h4-16H,17-18H2,1-3H3. The summed E-state index contributed by atoms with van der Waals surface area (Å²) in [5.74, 6) is 0.103. The molecule has 0 saturated carbocycles. The highest BCUT2D eigenvalue weighted by Gasteiger charge is 2.32. The van der Waals surface area contributed by atoms with Crippen molar-refractivity contribution in [2.24, 2.45) is 0 Å². The van der Waals surface area contributed by atoms with Crippen LogP contribution < -0.4 is 9.80 Å². The molecule has 1 heterocycles. The Labute approximate surface area is 167 Å². The van der Waals surface area contributed by atoms with Gasteiger partial charge in [0.25, 0.3) is 5.91 Å². The normalized spacial score (nSPS) is 14.2. The van der Waals surface area contributed by atoms with Crippen LogP contribution in [-0.2, 0) is 16.8 Å². The van der Waals surface area contributed by atoms with Crippen LogP contribution in [0.1, 0.15) is 31.9 Å². The predicted octanol–water partition coefficient (Wildman–Crippen LogP) is 5.67. The van der Waals surface area contributed by atoms with Crippen LogP contribution in [0, 0.1) is 0 Å². The zero-order valence-corrected chi connectivity index (χ0v) is 16.7. The number of para-hydroxylation sites is 3. The van der Waals surface area contributed by atoms with E-state index < -0.39 is 0 Å². The van der Waals surface area contributed by atoms with Gasteiger partial charge >= 0.3 is 0 Å². The zero-order valence-electron chi connectivity index (χ0n) is 16.7. The molecule has 0 radical (unpaired) electrons. The smallest absolute Gasteiger partial charge is 0.251 e. The summed E-state index contributed by atoms with van der Waals surface area (Å²) in [6.07, 6.45) is 0. The number of rotatable bonds is 3. The molecule has 3 aromatic carbocycles. The Balaban J connectivity index is 1.79. The van der Waals surface area contributed by atoms with Crippen LogP contribution in [0.4, 0.5) is 17.1 Å². The number of amides is 1. The minimum Gasteiger partial charge on any atom is -0.356 e. The summed E-state index contributed by atoms with van der Waals surface area (Å²) in [4.78, 5) is 17.4. The second kappa shape index (κ2) is 7.16. The van der Waals surface area contributed by atoms with Crippen molar-refractivity contribution in [3.05, 3.63) is 90.0 Å². The lowest BCUT2D eigenvalue weighted by Gasteiger charge is -2.39. The lowest BCUT2D eigenvalue weighted by atomic mass is 9.85. The molecule has 0 aromatic heterocycles. The third kappa shape index (κ3) is 3.40. The van der Waals surface area contributed by atoms with Crippen molar-refractivity contribution in [2.75, 3.05) is 16.3 Å². The highest BCUT2D eigenvalue weighted by molar-refractivity contribution is 6.09. The third-order valence-corrected chi connectivity index (χ3v) is 5.21. The fraction of sp³-hybridized carbons (Fsp3) is 0.240. The van der Waals surface area contributed by atoms with Crippen molar-refractivity contribution in [1.82, 2.24) is 0 Å². The van der Waals surface area contributed by atoms with Crippen LogP contribution in [0.5, 0.6) is 0 Å². The fourth-order valence-corrected chi connectivity index (χ4v) is 3.89. The Morgan fingerprint density at radius 3 is 2.00 bits per heavy atom. The molecule has 1 amide bonds. The van der Waals surface area contributed by atoms with Crippen LogP contribution >= 0.6 is 0 Å². The van der Waals surface area contributed by atoms with E-state index in [-0.39, 0.29) is 11.3 Å². The minimum atomic E-state index is -0.0486. The maximum atomic E-state index is 13.3. The summed E-state index contributed by atoms with van der Waals surface area (Å²) in [7, 11) is 0. The molecule has 4 rings (SSSR count). The molecule has 1 aliphatic rings. The van der Waals surface area contributed by atoms with Gasteiger partial charge in [0.05, 0.1) is 23.6 Å². The summed E-state index contributed by atoms with van der Waals surface area (Å²) in [5.41, 5.74) is 5.35. The molecule has 0 bridgehead atoms. The van der Waals surface area contributed by atoms with Crippen molar-refractivity contribution in [2.45, 2.75) is 32.7 Å². The SMILES string of the molecule is CC(C)(C)c1ccccc1N1C(=O)CN(Cc2ccccc2)c2ccccc21. The van der Waals surface area contributed by atoms with Gasteiger partial charge in [-0.3, -0.25) is 9.69 Å². The van der Waals surface area contributed by atoms with E-state index in [1.165, 1.54) is 11.1 Å². The van der Waals surface area contributed by atoms with Crippen LogP contribution in [0.25, 0.3) is 0 Å². The number of anilines is 3. The van der Waals surface area contributed by atoms with Gasteiger partial charge in [0.15, 0.2) is 0 Å². The first-order valence-electron chi connectivity index (χ1n) is 9.75. The molecule has 0 fully saturated rings. The second-order valence-corrected chi connectivity index (χ2v) is 8.33. The molecule has 3 nitrogen and oxygen atoms in total. The van der Waals surface area contributed by atoms with Crippen molar-refractivity contribution < 1.29 is 4.79 Å². The number of carbonyl (C=O) groups is 1. The van der Waals surface area contributed by atoms with Crippen LogP contribution in [0.3, 0.4) is 0 Å². The first-order valence-corrected chi connectivity index (χ1v) is 9.75. The van der Waals surface area contributed by atoms with Gasteiger partial charge in [0, 0.05) is 6.54 Å². The van der Waals surface area contributed by atoms with Crippen molar-refractivity contribution in [3.63, 3.8) is 0 Å². The van der Waals surface area contributed by atoms with Gasteiger partial charge in [0.2, 0.25) is 0 Å². The van der Waals surface area contributed by atoms with Gasteiger partial charge in [-0.1, -0.05) is 81.4 Å². The fourth-order valence-electron chi connectivity index (χ4n) is 3.89. The molecule has 0 aliphatic carbocycles. The molecule has 3 aromatic rings. The molecular formula is C25H26N2O. The summed E-state index contributed by atoms with van der Waals surface area (Å²) in [6.45, 7) is 7.65. The predicted molar refractivity (Wildman–Crippen MR) is 116 cm³/mol. The molecular weight excluding hydrogens is 344 g/mol. The summed E-state index contributed by atoms with van der Waals surface area (Å²) in [6, 6.07) is 26.8. The van der Waals surface area contributed by atoms with Crippen LogP contribution in [0.15, 0.2) is 78.9 Å². The lowest BCUT2D eigenvalue weighted by Crippen LogP contribution is -2.43. The number of fused-ring (bicyclic) bond motifs is 1. The highest BCUT2D eigenvalue weighted by Crippen LogP contribution is 2.42. The molecule has 1 aliphatic heterocycles. The Morgan fingerprint density at radius 1 is 0.750 bits per heavy atom. The van der Waals surface area contributed by atoms with Gasteiger partial charge in [-0.25, -0.2) is 0 Å². The minimum absolute atomic E-state index is 0.0486. The molecule has 0 atom stereocenters. The van der Waals surface area contributed by atoms with E-state index in [4.69, 9.17) is 0 Å². The zero-order chi connectivity index (χ0) is 19.7. The van der Waals surface area contributed by atoms with E-state index >= 15 is 0 Å². The number of carbonyl (C=O) groups excluding carboxylic acids is 1. The van der Waals surface area contributed by atoms with Gasteiger partial charge in [-0.05, 0) is 34.7 Å². The molecule has 142 valence electrons. The largest absolute Gasteiger partial charge is 0.356 e. The average Bonchev–Trinajstić information content (AvgIpc) is 2.68. The topological polar surface area (TPSA) is 23.6 Å². The molecule has 28 heavy (non-hydrogen) atoms. The summed E-state index contributed by atoms with van der Waals surface area (Å²) in [5, 5.41) is 0. The van der Waals surface area contributed by atoms with Gasteiger partial charge in [0.1, 0.15) is 0 Å². The average molecular weight is 370 g/mol. The highest BCUT2D eigenvalue weighted by atomic mass is 16.2.